The maximum Gasteiger partial charge on any atom is 0.126 e. The quantitative estimate of drug-likeness (QED) is 0.841. The molecule has 0 aliphatic heterocycles. The first kappa shape index (κ1) is 14.7. The molecule has 1 aromatic carbocycles. The zero-order chi connectivity index (χ0) is 14.4. The molecule has 20 heavy (non-hydrogen) atoms. The van der Waals surface area contributed by atoms with E-state index in [9.17, 15) is 4.39 Å². The van der Waals surface area contributed by atoms with Crippen LogP contribution in [-0.2, 0) is 19.9 Å². The van der Waals surface area contributed by atoms with E-state index in [2.05, 4.69) is 10.4 Å². The lowest BCUT2D eigenvalue weighted by Crippen LogP contribution is -2.22. The third-order valence-corrected chi connectivity index (χ3v) is 3.69. The van der Waals surface area contributed by atoms with Crippen LogP contribution in [0.5, 0.6) is 0 Å². The summed E-state index contributed by atoms with van der Waals surface area (Å²) in [6, 6.07) is 9.09. The first-order valence-corrected chi connectivity index (χ1v) is 7.05. The van der Waals surface area contributed by atoms with E-state index in [0.717, 1.165) is 31.4 Å². The molecule has 0 aliphatic rings. The first-order chi connectivity index (χ1) is 9.70. The molecule has 1 N–H and O–H groups in total. The highest BCUT2D eigenvalue weighted by Gasteiger charge is 2.12. The second-order valence-corrected chi connectivity index (χ2v) is 5.20. The number of aromatic nitrogens is 2. The van der Waals surface area contributed by atoms with Crippen molar-refractivity contribution >= 4 is 0 Å². The van der Waals surface area contributed by atoms with Crippen LogP contribution < -0.4 is 5.32 Å². The average Bonchev–Trinajstić information content (AvgIpc) is 2.84. The lowest BCUT2D eigenvalue weighted by atomic mass is 9.93. The van der Waals surface area contributed by atoms with Gasteiger partial charge in [0.25, 0.3) is 0 Å². The van der Waals surface area contributed by atoms with Crippen molar-refractivity contribution in [2.45, 2.75) is 19.3 Å². The van der Waals surface area contributed by atoms with E-state index >= 15 is 0 Å². The minimum absolute atomic E-state index is 0.103. The van der Waals surface area contributed by atoms with Crippen LogP contribution in [-0.4, -0.2) is 23.4 Å². The third kappa shape index (κ3) is 3.90. The summed E-state index contributed by atoms with van der Waals surface area (Å²) in [5.74, 6) is 0.320. The van der Waals surface area contributed by atoms with Gasteiger partial charge in [-0.05, 0) is 56.5 Å². The van der Waals surface area contributed by atoms with Crippen molar-refractivity contribution in [3.63, 3.8) is 0 Å². The largest absolute Gasteiger partial charge is 0.319 e. The van der Waals surface area contributed by atoms with Crippen molar-refractivity contribution in [1.29, 1.82) is 0 Å². The van der Waals surface area contributed by atoms with Crippen molar-refractivity contribution < 1.29 is 4.39 Å². The Morgan fingerprint density at radius 2 is 2.10 bits per heavy atom. The molecule has 2 aromatic rings. The smallest absolute Gasteiger partial charge is 0.126 e. The molecule has 0 saturated carbocycles. The van der Waals surface area contributed by atoms with E-state index in [0.29, 0.717) is 5.92 Å². The van der Waals surface area contributed by atoms with Gasteiger partial charge >= 0.3 is 0 Å². The van der Waals surface area contributed by atoms with Crippen molar-refractivity contribution in [2.24, 2.45) is 13.0 Å². The highest BCUT2D eigenvalue weighted by atomic mass is 19.1. The number of hydrogen-bond donors (Lipinski definition) is 1. The molecule has 108 valence electrons. The van der Waals surface area contributed by atoms with Crippen LogP contribution in [0.4, 0.5) is 4.39 Å². The number of rotatable bonds is 7. The third-order valence-electron chi connectivity index (χ3n) is 3.69. The second kappa shape index (κ2) is 7.20. The van der Waals surface area contributed by atoms with Crippen LogP contribution in [0.15, 0.2) is 36.5 Å². The van der Waals surface area contributed by atoms with Gasteiger partial charge in [0.05, 0.1) is 0 Å². The fourth-order valence-electron chi connectivity index (χ4n) is 2.54. The Balaban J connectivity index is 1.97. The van der Waals surface area contributed by atoms with E-state index in [1.165, 1.54) is 11.8 Å². The summed E-state index contributed by atoms with van der Waals surface area (Å²) in [5, 5.41) is 7.39. The first-order valence-electron chi connectivity index (χ1n) is 7.05. The molecular weight excluding hydrogens is 253 g/mol. The van der Waals surface area contributed by atoms with E-state index < -0.39 is 0 Å². The molecule has 3 nitrogen and oxygen atoms in total. The Bertz CT molecular complexity index is 536. The van der Waals surface area contributed by atoms with Crippen LogP contribution in [0, 0.1) is 11.7 Å². The zero-order valence-electron chi connectivity index (χ0n) is 12.1. The Morgan fingerprint density at radius 3 is 2.75 bits per heavy atom. The fourth-order valence-corrected chi connectivity index (χ4v) is 2.54. The summed E-state index contributed by atoms with van der Waals surface area (Å²) < 4.78 is 15.6. The molecule has 1 atom stereocenters. The molecule has 0 saturated heterocycles. The van der Waals surface area contributed by atoms with Crippen LogP contribution in [0.3, 0.4) is 0 Å². The van der Waals surface area contributed by atoms with Gasteiger partial charge in [-0.3, -0.25) is 4.68 Å². The molecule has 0 bridgehead atoms. The number of hydrogen-bond acceptors (Lipinski definition) is 2. The van der Waals surface area contributed by atoms with Crippen molar-refractivity contribution in [1.82, 2.24) is 15.1 Å². The minimum Gasteiger partial charge on any atom is -0.319 e. The maximum atomic E-state index is 13.7. The van der Waals surface area contributed by atoms with Crippen LogP contribution in [0.2, 0.25) is 0 Å². The Morgan fingerprint density at radius 1 is 1.30 bits per heavy atom. The molecule has 0 fully saturated rings. The molecule has 0 radical (unpaired) electrons. The predicted octanol–water partition coefficient (Wildman–Crippen LogP) is 2.57. The van der Waals surface area contributed by atoms with Gasteiger partial charge in [0, 0.05) is 18.9 Å². The Kier molecular flexibility index (Phi) is 5.30. The highest BCUT2D eigenvalue weighted by molar-refractivity contribution is 5.18. The summed E-state index contributed by atoms with van der Waals surface area (Å²) in [6.07, 6.45) is 4.58. The van der Waals surface area contributed by atoms with E-state index in [4.69, 9.17) is 0 Å². The predicted molar refractivity (Wildman–Crippen MR) is 79.0 cm³/mol. The van der Waals surface area contributed by atoms with Gasteiger partial charge in [-0.15, -0.1) is 0 Å². The highest BCUT2D eigenvalue weighted by Crippen LogP contribution is 2.17. The molecule has 2 rings (SSSR count). The summed E-state index contributed by atoms with van der Waals surface area (Å²) >= 11 is 0. The van der Waals surface area contributed by atoms with Crippen molar-refractivity contribution in [2.75, 3.05) is 13.6 Å². The second-order valence-electron chi connectivity index (χ2n) is 5.20. The fraction of sp³-hybridized carbons (Fsp3) is 0.438. The SMILES string of the molecule is CNCC(CCc1ccnn1C)Cc1ccccc1F. The van der Waals surface area contributed by atoms with E-state index in [1.807, 2.05) is 43.2 Å². The van der Waals surface area contributed by atoms with Crippen LogP contribution >= 0.6 is 0 Å². The van der Waals surface area contributed by atoms with Gasteiger partial charge < -0.3 is 5.32 Å². The Hall–Kier alpha value is -1.68. The number of aryl methyl sites for hydroxylation is 2. The monoisotopic (exact) mass is 275 g/mol. The van der Waals surface area contributed by atoms with Gasteiger partial charge in [0.2, 0.25) is 0 Å². The van der Waals surface area contributed by atoms with E-state index in [-0.39, 0.29) is 5.82 Å². The van der Waals surface area contributed by atoms with Gasteiger partial charge in [0.1, 0.15) is 5.82 Å². The zero-order valence-corrected chi connectivity index (χ0v) is 12.1. The van der Waals surface area contributed by atoms with Gasteiger partial charge in [-0.2, -0.15) is 5.10 Å². The molecule has 0 spiro atoms. The molecule has 0 amide bonds. The number of halogens is 1. The summed E-state index contributed by atoms with van der Waals surface area (Å²) in [4.78, 5) is 0. The maximum absolute atomic E-state index is 13.7. The number of benzene rings is 1. The molecular formula is C16H22FN3. The van der Waals surface area contributed by atoms with Crippen molar-refractivity contribution in [3.05, 3.63) is 53.6 Å². The van der Waals surface area contributed by atoms with Gasteiger partial charge in [0.15, 0.2) is 0 Å². The molecule has 1 unspecified atom stereocenters. The number of nitrogens with one attached hydrogen (secondary N) is 1. The summed E-state index contributed by atoms with van der Waals surface area (Å²) in [5.41, 5.74) is 2.03. The molecule has 0 aliphatic carbocycles. The standard InChI is InChI=1S/C16H22FN3/c1-18-12-13(7-8-15-9-10-19-20(15)2)11-14-5-3-4-6-16(14)17/h3-6,9-10,13,18H,7-8,11-12H2,1-2H3. The van der Waals surface area contributed by atoms with Crippen LogP contribution in [0.1, 0.15) is 17.7 Å². The topological polar surface area (TPSA) is 29.9 Å². The lowest BCUT2D eigenvalue weighted by molar-refractivity contribution is 0.446. The van der Waals surface area contributed by atoms with Crippen LogP contribution in [0.25, 0.3) is 0 Å². The average molecular weight is 275 g/mol. The number of nitrogens with zero attached hydrogens (tertiary/aromatic N) is 2. The van der Waals surface area contributed by atoms with Gasteiger partial charge in [-0.1, -0.05) is 18.2 Å². The lowest BCUT2D eigenvalue weighted by Gasteiger charge is -2.17. The Labute approximate surface area is 119 Å². The molecule has 1 aromatic heterocycles. The molecule has 4 heteroatoms. The summed E-state index contributed by atoms with van der Waals surface area (Å²) in [6.45, 7) is 0.895. The van der Waals surface area contributed by atoms with E-state index in [1.54, 1.807) is 6.07 Å². The molecule has 1 heterocycles. The minimum atomic E-state index is -0.103. The normalized spacial score (nSPS) is 12.6. The van der Waals surface area contributed by atoms with Gasteiger partial charge in [-0.25, -0.2) is 4.39 Å². The van der Waals surface area contributed by atoms with Crippen molar-refractivity contribution in [3.8, 4) is 0 Å². The summed E-state index contributed by atoms with van der Waals surface area (Å²) in [7, 11) is 3.90.